The normalized spacial score (nSPS) is 10.5. The molecule has 0 aliphatic carbocycles. The van der Waals surface area contributed by atoms with Crippen molar-refractivity contribution in [3.05, 3.63) is 87.4 Å². The van der Waals surface area contributed by atoms with Gasteiger partial charge in [-0.3, -0.25) is 0 Å². The van der Waals surface area contributed by atoms with E-state index in [1.807, 2.05) is 60.7 Å². The maximum atomic E-state index is 11.4. The predicted octanol–water partition coefficient (Wildman–Crippen LogP) is 4.02. The van der Waals surface area contributed by atoms with Crippen molar-refractivity contribution in [2.45, 2.75) is 12.8 Å². The summed E-state index contributed by atoms with van der Waals surface area (Å²) in [5.74, 6) is -0.900. The van der Waals surface area contributed by atoms with E-state index in [1.165, 1.54) is 11.3 Å². The molecular weight excluding hydrogens is 294 g/mol. The summed E-state index contributed by atoms with van der Waals surface area (Å²) in [5.41, 5.74) is 2.86. The summed E-state index contributed by atoms with van der Waals surface area (Å²) < 4.78 is 0. The first-order valence-electron chi connectivity index (χ1n) is 7.02. The topological polar surface area (TPSA) is 50.2 Å². The van der Waals surface area contributed by atoms with Crippen LogP contribution in [0.25, 0.3) is 0 Å². The zero-order valence-corrected chi connectivity index (χ0v) is 12.7. The number of nitrogens with zero attached hydrogens (tertiary/aromatic N) is 1. The van der Waals surface area contributed by atoms with Gasteiger partial charge in [0.05, 0.1) is 10.7 Å². The van der Waals surface area contributed by atoms with Crippen molar-refractivity contribution < 1.29 is 9.90 Å². The second-order valence-corrected chi connectivity index (χ2v) is 6.10. The number of thiazole rings is 1. The van der Waals surface area contributed by atoms with Gasteiger partial charge in [-0.2, -0.15) is 0 Å². The summed E-state index contributed by atoms with van der Waals surface area (Å²) in [7, 11) is 0. The van der Waals surface area contributed by atoms with Gasteiger partial charge in [0.15, 0.2) is 0 Å². The third-order valence-corrected chi connectivity index (χ3v) is 4.43. The van der Waals surface area contributed by atoms with Crippen molar-refractivity contribution in [3.63, 3.8) is 0 Å². The number of benzene rings is 2. The molecule has 3 nitrogen and oxygen atoms in total. The quantitative estimate of drug-likeness (QED) is 0.774. The molecular formula is C18H15NO2S. The van der Waals surface area contributed by atoms with Gasteiger partial charge in [-0.05, 0) is 11.1 Å². The standard InChI is InChI=1S/C18H15NO2S/c20-18(21)17-15(11-13-7-3-1-4-8-13)19-16(22-17)12-14-9-5-2-6-10-14/h1-10H,11-12H2,(H,20,21). The van der Waals surface area contributed by atoms with Crippen LogP contribution in [-0.4, -0.2) is 16.1 Å². The molecule has 0 radical (unpaired) electrons. The van der Waals surface area contributed by atoms with Crippen LogP contribution >= 0.6 is 11.3 Å². The minimum absolute atomic E-state index is 0.342. The number of carboxylic acid groups (broad SMARTS) is 1. The number of aromatic carboxylic acids is 1. The zero-order valence-electron chi connectivity index (χ0n) is 11.9. The molecule has 110 valence electrons. The number of carboxylic acids is 1. The Bertz CT molecular complexity index is 766. The fourth-order valence-electron chi connectivity index (χ4n) is 2.32. The lowest BCUT2D eigenvalue weighted by Gasteiger charge is -1.99. The van der Waals surface area contributed by atoms with Crippen molar-refractivity contribution in [3.8, 4) is 0 Å². The Balaban J connectivity index is 1.87. The average Bonchev–Trinajstić information content (AvgIpc) is 2.92. The first-order chi connectivity index (χ1) is 10.7. The van der Waals surface area contributed by atoms with Gasteiger partial charge in [-0.1, -0.05) is 60.7 Å². The van der Waals surface area contributed by atoms with E-state index in [2.05, 4.69) is 4.98 Å². The van der Waals surface area contributed by atoms with E-state index in [4.69, 9.17) is 0 Å². The minimum Gasteiger partial charge on any atom is -0.477 e. The molecule has 0 bridgehead atoms. The van der Waals surface area contributed by atoms with Gasteiger partial charge < -0.3 is 5.11 Å². The number of hydrogen-bond donors (Lipinski definition) is 1. The molecule has 0 saturated carbocycles. The van der Waals surface area contributed by atoms with Crippen LogP contribution in [0, 0.1) is 0 Å². The summed E-state index contributed by atoms with van der Waals surface area (Å²) in [4.78, 5) is 16.4. The molecule has 0 fully saturated rings. The van der Waals surface area contributed by atoms with E-state index in [1.54, 1.807) is 0 Å². The molecule has 3 aromatic rings. The van der Waals surface area contributed by atoms with Crippen LogP contribution in [-0.2, 0) is 12.8 Å². The Morgan fingerprint density at radius 3 is 2.00 bits per heavy atom. The smallest absolute Gasteiger partial charge is 0.347 e. The van der Waals surface area contributed by atoms with Crippen molar-refractivity contribution in [1.82, 2.24) is 4.98 Å². The molecule has 1 N–H and O–H groups in total. The van der Waals surface area contributed by atoms with Crippen LogP contribution in [0.3, 0.4) is 0 Å². The van der Waals surface area contributed by atoms with Gasteiger partial charge in [0, 0.05) is 12.8 Å². The van der Waals surface area contributed by atoms with Crippen molar-refractivity contribution in [2.75, 3.05) is 0 Å². The maximum Gasteiger partial charge on any atom is 0.347 e. The van der Waals surface area contributed by atoms with Gasteiger partial charge >= 0.3 is 5.97 Å². The third kappa shape index (κ3) is 3.40. The molecule has 0 spiro atoms. The highest BCUT2D eigenvalue weighted by molar-refractivity contribution is 7.13. The third-order valence-electron chi connectivity index (χ3n) is 3.35. The van der Waals surface area contributed by atoms with E-state index < -0.39 is 5.97 Å². The van der Waals surface area contributed by atoms with Gasteiger partial charge in [-0.15, -0.1) is 11.3 Å². The largest absolute Gasteiger partial charge is 0.477 e. The monoisotopic (exact) mass is 309 g/mol. The van der Waals surface area contributed by atoms with Gasteiger partial charge in [-0.25, -0.2) is 9.78 Å². The Hall–Kier alpha value is -2.46. The molecule has 0 amide bonds. The Morgan fingerprint density at radius 1 is 0.909 bits per heavy atom. The lowest BCUT2D eigenvalue weighted by atomic mass is 10.1. The predicted molar refractivity (Wildman–Crippen MR) is 87.6 cm³/mol. The summed E-state index contributed by atoms with van der Waals surface area (Å²) in [5, 5.41) is 10.2. The van der Waals surface area contributed by atoms with Crippen molar-refractivity contribution in [1.29, 1.82) is 0 Å². The Kier molecular flexibility index (Phi) is 4.30. The molecule has 0 aliphatic rings. The highest BCUT2D eigenvalue weighted by Crippen LogP contribution is 2.23. The fraction of sp³-hybridized carbons (Fsp3) is 0.111. The Morgan fingerprint density at radius 2 is 1.45 bits per heavy atom. The first kappa shape index (κ1) is 14.5. The fourth-order valence-corrected chi connectivity index (χ4v) is 3.28. The van der Waals surface area contributed by atoms with E-state index in [-0.39, 0.29) is 0 Å². The van der Waals surface area contributed by atoms with Crippen LogP contribution in [0.5, 0.6) is 0 Å². The lowest BCUT2D eigenvalue weighted by molar-refractivity contribution is 0.0701. The maximum absolute atomic E-state index is 11.4. The van der Waals surface area contributed by atoms with Crippen LogP contribution in [0.4, 0.5) is 0 Å². The molecule has 4 heteroatoms. The molecule has 0 aliphatic heterocycles. The minimum atomic E-state index is -0.900. The number of rotatable bonds is 5. The average molecular weight is 309 g/mol. The lowest BCUT2D eigenvalue weighted by Crippen LogP contribution is -1.99. The SMILES string of the molecule is O=C(O)c1sc(Cc2ccccc2)nc1Cc1ccccc1. The zero-order chi connectivity index (χ0) is 15.4. The molecule has 3 rings (SSSR count). The molecule has 0 saturated heterocycles. The molecule has 0 atom stereocenters. The number of hydrogen-bond acceptors (Lipinski definition) is 3. The van der Waals surface area contributed by atoms with Gasteiger partial charge in [0.1, 0.15) is 4.88 Å². The van der Waals surface area contributed by atoms with E-state index in [9.17, 15) is 9.90 Å². The number of aromatic nitrogens is 1. The summed E-state index contributed by atoms with van der Waals surface area (Å²) in [6.45, 7) is 0. The highest BCUT2D eigenvalue weighted by Gasteiger charge is 2.17. The second kappa shape index (κ2) is 6.54. The van der Waals surface area contributed by atoms with Crippen molar-refractivity contribution >= 4 is 17.3 Å². The van der Waals surface area contributed by atoms with Gasteiger partial charge in [0.2, 0.25) is 0 Å². The van der Waals surface area contributed by atoms with Gasteiger partial charge in [0.25, 0.3) is 0 Å². The number of carbonyl (C=O) groups is 1. The second-order valence-electron chi connectivity index (χ2n) is 5.01. The van der Waals surface area contributed by atoms with Crippen molar-refractivity contribution in [2.24, 2.45) is 0 Å². The molecule has 2 aromatic carbocycles. The summed E-state index contributed by atoms with van der Waals surface area (Å²) in [6.07, 6.45) is 1.22. The molecule has 1 heterocycles. The highest BCUT2D eigenvalue weighted by atomic mass is 32.1. The van der Waals surface area contributed by atoms with Crippen LogP contribution in [0.1, 0.15) is 31.5 Å². The summed E-state index contributed by atoms with van der Waals surface area (Å²) >= 11 is 1.27. The summed E-state index contributed by atoms with van der Waals surface area (Å²) in [6, 6.07) is 19.8. The first-order valence-corrected chi connectivity index (χ1v) is 7.84. The van der Waals surface area contributed by atoms with E-state index >= 15 is 0 Å². The van der Waals surface area contributed by atoms with Crippen LogP contribution in [0.2, 0.25) is 0 Å². The van der Waals surface area contributed by atoms with Crippen LogP contribution in [0.15, 0.2) is 60.7 Å². The molecule has 22 heavy (non-hydrogen) atoms. The molecule has 1 aromatic heterocycles. The van der Waals surface area contributed by atoms with Crippen LogP contribution < -0.4 is 0 Å². The van der Waals surface area contributed by atoms with E-state index in [0.29, 0.717) is 23.4 Å². The van der Waals surface area contributed by atoms with E-state index in [0.717, 1.165) is 16.1 Å². The molecule has 0 unspecified atom stereocenters. The Labute approximate surface area is 132 Å².